The van der Waals surface area contributed by atoms with E-state index in [2.05, 4.69) is 15.2 Å². The van der Waals surface area contributed by atoms with E-state index in [4.69, 9.17) is 4.74 Å². The Morgan fingerprint density at radius 1 is 1.21 bits per heavy atom. The van der Waals surface area contributed by atoms with E-state index in [0.29, 0.717) is 17.3 Å². The molecule has 148 valence electrons. The molecule has 2 saturated heterocycles. The summed E-state index contributed by atoms with van der Waals surface area (Å²) >= 11 is 0. The van der Waals surface area contributed by atoms with Crippen LogP contribution in [0.1, 0.15) is 23.2 Å². The average Bonchev–Trinajstić information content (AvgIpc) is 3.34. The molecule has 3 heterocycles. The monoisotopic (exact) mass is 385 g/mol. The van der Waals surface area contributed by atoms with Crippen LogP contribution in [0.5, 0.6) is 5.75 Å². The molecule has 9 nitrogen and oxygen atoms in total. The number of Topliss-reactive ketones (excluding diaryl/α,β-unsaturated/α-hetero) is 1. The Morgan fingerprint density at radius 2 is 1.89 bits per heavy atom. The van der Waals surface area contributed by atoms with Crippen LogP contribution in [0.25, 0.3) is 0 Å². The third-order valence-corrected chi connectivity index (χ3v) is 5.45. The molecule has 1 aromatic carbocycles. The number of likely N-dealkylation sites (tertiary alicyclic amines) is 1. The zero-order valence-corrected chi connectivity index (χ0v) is 15.9. The Morgan fingerprint density at radius 3 is 2.54 bits per heavy atom. The molecule has 2 fully saturated rings. The summed E-state index contributed by atoms with van der Waals surface area (Å²) in [6.07, 6.45) is 1.45. The lowest BCUT2D eigenvalue weighted by atomic mass is 10.1. The third kappa shape index (κ3) is 3.06. The Kier molecular flexibility index (Phi) is 4.66. The first-order chi connectivity index (χ1) is 13.5. The van der Waals surface area contributed by atoms with Crippen molar-refractivity contribution < 1.29 is 19.1 Å². The van der Waals surface area contributed by atoms with Gasteiger partial charge >= 0.3 is 6.03 Å². The highest BCUT2D eigenvalue weighted by Crippen LogP contribution is 2.27. The highest BCUT2D eigenvalue weighted by atomic mass is 16.5. The minimum atomic E-state index is -0.708. The predicted molar refractivity (Wildman–Crippen MR) is 101 cm³/mol. The number of guanidine groups is 1. The largest absolute Gasteiger partial charge is 0.497 e. The first-order valence-corrected chi connectivity index (χ1v) is 9.34. The van der Waals surface area contributed by atoms with E-state index in [9.17, 15) is 14.4 Å². The molecule has 28 heavy (non-hydrogen) atoms. The lowest BCUT2D eigenvalue weighted by Crippen LogP contribution is -2.64. The Labute approximate surface area is 162 Å². The summed E-state index contributed by atoms with van der Waals surface area (Å²) in [6, 6.07) is 5.69. The molecule has 3 aliphatic heterocycles. The number of methoxy groups -OCH3 is 1. The van der Waals surface area contributed by atoms with Gasteiger partial charge in [-0.05, 0) is 37.1 Å². The maximum absolute atomic E-state index is 12.9. The normalized spacial score (nSPS) is 24.2. The number of nitrogens with zero attached hydrogens (tertiary/aromatic N) is 4. The first-order valence-electron chi connectivity index (χ1n) is 9.34. The van der Waals surface area contributed by atoms with Crippen LogP contribution in [0.2, 0.25) is 0 Å². The maximum atomic E-state index is 12.9. The molecule has 0 spiro atoms. The van der Waals surface area contributed by atoms with Gasteiger partial charge in [-0.3, -0.25) is 14.9 Å². The van der Waals surface area contributed by atoms with E-state index >= 15 is 0 Å². The number of likely N-dealkylation sites (N-methyl/N-ethyl adjacent to an activating group) is 1. The number of hydrogen-bond acceptors (Lipinski definition) is 7. The third-order valence-electron chi connectivity index (χ3n) is 5.45. The van der Waals surface area contributed by atoms with Crippen LogP contribution < -0.4 is 10.1 Å². The van der Waals surface area contributed by atoms with Crippen LogP contribution in [-0.2, 0) is 4.79 Å². The second-order valence-corrected chi connectivity index (χ2v) is 7.17. The van der Waals surface area contributed by atoms with E-state index in [0.717, 1.165) is 25.9 Å². The van der Waals surface area contributed by atoms with E-state index < -0.39 is 24.1 Å². The maximum Gasteiger partial charge on any atom is 0.325 e. The quantitative estimate of drug-likeness (QED) is 0.760. The molecule has 0 aliphatic carbocycles. The average molecular weight is 385 g/mol. The summed E-state index contributed by atoms with van der Waals surface area (Å²) in [5.41, 5.74) is 0.533. The molecule has 4 rings (SSSR count). The molecular formula is C19H23N5O4. The van der Waals surface area contributed by atoms with E-state index in [1.54, 1.807) is 43.3 Å². The lowest BCUT2D eigenvalue weighted by Gasteiger charge is -2.36. The van der Waals surface area contributed by atoms with Crippen LogP contribution in [0.15, 0.2) is 29.3 Å². The number of fused-ring (bicyclic) bond motifs is 1. The number of ether oxygens (including phenoxy) is 1. The zero-order valence-electron chi connectivity index (χ0n) is 15.9. The van der Waals surface area contributed by atoms with Crippen LogP contribution >= 0.6 is 0 Å². The fraction of sp³-hybridized carbons (Fsp3) is 0.474. The highest BCUT2D eigenvalue weighted by molar-refractivity contribution is 6.06. The summed E-state index contributed by atoms with van der Waals surface area (Å²) in [6.45, 7) is 1.66. The van der Waals surface area contributed by atoms with Crippen molar-refractivity contribution in [1.29, 1.82) is 0 Å². The Bertz CT molecular complexity index is 831. The van der Waals surface area contributed by atoms with Gasteiger partial charge in [0, 0.05) is 25.7 Å². The van der Waals surface area contributed by atoms with Crippen molar-refractivity contribution in [2.45, 2.75) is 25.0 Å². The van der Waals surface area contributed by atoms with Gasteiger partial charge in [0.15, 0.2) is 24.0 Å². The molecule has 1 N–H and O–H groups in total. The smallest absolute Gasteiger partial charge is 0.325 e. The number of nitrogens with one attached hydrogen (secondary N) is 1. The number of ketones is 1. The van der Waals surface area contributed by atoms with Crippen LogP contribution in [0.3, 0.4) is 0 Å². The van der Waals surface area contributed by atoms with Crippen LogP contribution in [0.4, 0.5) is 4.79 Å². The summed E-state index contributed by atoms with van der Waals surface area (Å²) in [5, 5.41) is 2.36. The first kappa shape index (κ1) is 18.3. The second-order valence-electron chi connectivity index (χ2n) is 7.17. The molecular weight excluding hydrogens is 362 g/mol. The zero-order chi connectivity index (χ0) is 19.8. The molecule has 2 atom stereocenters. The number of carbonyl (C=O) groups excluding carboxylic acids is 3. The molecule has 1 aromatic rings. The van der Waals surface area contributed by atoms with Gasteiger partial charge < -0.3 is 19.4 Å². The lowest BCUT2D eigenvalue weighted by molar-refractivity contribution is -0.127. The SMILES string of the molecule is COc1ccc(C(=O)CN2C(N3CCCC3)=NC3C2C(=O)NC(=O)N3C)cc1. The highest BCUT2D eigenvalue weighted by Gasteiger charge is 2.50. The second kappa shape index (κ2) is 7.14. The molecule has 0 aromatic heterocycles. The number of hydrogen-bond donors (Lipinski definition) is 1. The van der Waals surface area contributed by atoms with Gasteiger partial charge in [-0.15, -0.1) is 0 Å². The topological polar surface area (TPSA) is 94.5 Å². The molecule has 3 amide bonds. The summed E-state index contributed by atoms with van der Waals surface area (Å²) in [4.78, 5) is 47.4. The number of aliphatic imine (C=N–C) groups is 1. The molecule has 9 heteroatoms. The van der Waals surface area contributed by atoms with Gasteiger partial charge in [-0.2, -0.15) is 0 Å². The Hall–Kier alpha value is -3.10. The van der Waals surface area contributed by atoms with Crippen molar-refractivity contribution in [2.24, 2.45) is 4.99 Å². The van der Waals surface area contributed by atoms with Crippen molar-refractivity contribution in [2.75, 3.05) is 33.8 Å². The van der Waals surface area contributed by atoms with E-state index in [1.165, 1.54) is 4.90 Å². The fourth-order valence-electron chi connectivity index (χ4n) is 3.88. The number of urea groups is 1. The summed E-state index contributed by atoms with van der Waals surface area (Å²) in [5.74, 6) is 0.742. The molecule has 3 aliphatic rings. The van der Waals surface area contributed by atoms with Crippen molar-refractivity contribution in [1.82, 2.24) is 20.0 Å². The number of benzene rings is 1. The van der Waals surface area contributed by atoms with Gasteiger partial charge in [-0.1, -0.05) is 0 Å². The van der Waals surface area contributed by atoms with Gasteiger partial charge in [-0.25, -0.2) is 9.79 Å². The minimum absolute atomic E-state index is 0.0122. The van der Waals surface area contributed by atoms with E-state index in [-0.39, 0.29) is 12.3 Å². The van der Waals surface area contributed by atoms with Crippen LogP contribution in [-0.4, -0.2) is 84.4 Å². The van der Waals surface area contributed by atoms with Crippen molar-refractivity contribution in [3.63, 3.8) is 0 Å². The summed E-state index contributed by atoms with van der Waals surface area (Å²) < 4.78 is 5.14. The molecule has 0 saturated carbocycles. The van der Waals surface area contributed by atoms with Crippen molar-refractivity contribution >= 4 is 23.7 Å². The van der Waals surface area contributed by atoms with Gasteiger partial charge in [0.1, 0.15) is 5.75 Å². The van der Waals surface area contributed by atoms with Crippen LogP contribution in [0, 0.1) is 0 Å². The van der Waals surface area contributed by atoms with Crippen molar-refractivity contribution in [3.05, 3.63) is 29.8 Å². The van der Waals surface area contributed by atoms with Gasteiger partial charge in [0.25, 0.3) is 5.91 Å². The predicted octanol–water partition coefficient (Wildman–Crippen LogP) is 0.522. The molecule has 2 unspecified atom stereocenters. The summed E-state index contributed by atoms with van der Waals surface area (Å²) in [7, 11) is 3.18. The standard InChI is InChI=1S/C19H23N5O4/c1-22-16-15(17(26)21-19(22)27)24(18(20-16)23-9-3-4-10-23)11-14(25)12-5-7-13(28-2)8-6-12/h5-8,15-16H,3-4,9-11H2,1-2H3,(H,21,26,27). The number of rotatable bonds is 4. The van der Waals surface area contributed by atoms with Gasteiger partial charge in [0.2, 0.25) is 0 Å². The minimum Gasteiger partial charge on any atom is -0.497 e. The van der Waals surface area contributed by atoms with Crippen molar-refractivity contribution in [3.8, 4) is 5.75 Å². The number of imide groups is 1. The van der Waals surface area contributed by atoms with E-state index in [1.807, 2.05) is 0 Å². The number of carbonyl (C=O) groups is 3. The Balaban J connectivity index is 1.61. The molecule has 0 bridgehead atoms. The molecule has 0 radical (unpaired) electrons. The fourth-order valence-corrected chi connectivity index (χ4v) is 3.88. The van der Waals surface area contributed by atoms with Gasteiger partial charge in [0.05, 0.1) is 13.7 Å². The number of amides is 3.